The van der Waals surface area contributed by atoms with Crippen LogP contribution in [0.3, 0.4) is 0 Å². The highest BCUT2D eigenvalue weighted by molar-refractivity contribution is 5.79. The molecule has 158 valence electrons. The summed E-state index contributed by atoms with van der Waals surface area (Å²) in [5.74, 6) is 2.23. The van der Waals surface area contributed by atoms with E-state index >= 15 is 0 Å². The van der Waals surface area contributed by atoms with E-state index in [4.69, 9.17) is 14.2 Å². The molecule has 0 fully saturated rings. The molecule has 2 N–H and O–H groups in total. The van der Waals surface area contributed by atoms with Gasteiger partial charge >= 0.3 is 0 Å². The number of aliphatic imine (C=N–C) groups is 1. The molecule has 1 aromatic carbocycles. The molecule has 0 spiro atoms. The lowest BCUT2D eigenvalue weighted by Crippen LogP contribution is -2.36. The van der Waals surface area contributed by atoms with E-state index in [0.717, 1.165) is 23.3 Å². The SMILES string of the molecule is CCOc1cc(CNC(=NC)NCc2ccc(C)cc2OCCCOC)ccn1. The van der Waals surface area contributed by atoms with Gasteiger partial charge in [0.05, 0.1) is 13.2 Å². The molecule has 0 radical (unpaired) electrons. The van der Waals surface area contributed by atoms with Crippen LogP contribution in [-0.2, 0) is 17.8 Å². The fraction of sp³-hybridized carbons (Fsp3) is 0.455. The van der Waals surface area contributed by atoms with Crippen molar-refractivity contribution in [2.24, 2.45) is 4.99 Å². The number of aryl methyl sites for hydroxylation is 1. The lowest BCUT2D eigenvalue weighted by molar-refractivity contribution is 0.171. The summed E-state index contributed by atoms with van der Waals surface area (Å²) >= 11 is 0. The lowest BCUT2D eigenvalue weighted by Gasteiger charge is -2.16. The fourth-order valence-electron chi connectivity index (χ4n) is 2.70. The summed E-state index contributed by atoms with van der Waals surface area (Å²) in [6, 6.07) is 10.1. The number of hydrogen-bond donors (Lipinski definition) is 2. The minimum absolute atomic E-state index is 0.597. The number of benzene rings is 1. The highest BCUT2D eigenvalue weighted by Crippen LogP contribution is 2.20. The van der Waals surface area contributed by atoms with Gasteiger partial charge in [-0.25, -0.2) is 4.98 Å². The first kappa shape index (κ1) is 22.5. The zero-order valence-corrected chi connectivity index (χ0v) is 17.8. The quantitative estimate of drug-likeness (QED) is 0.343. The largest absolute Gasteiger partial charge is 0.493 e. The van der Waals surface area contributed by atoms with Crippen molar-refractivity contribution >= 4 is 5.96 Å². The molecule has 0 bridgehead atoms. The summed E-state index contributed by atoms with van der Waals surface area (Å²) in [7, 11) is 3.45. The van der Waals surface area contributed by atoms with E-state index < -0.39 is 0 Å². The highest BCUT2D eigenvalue weighted by Gasteiger charge is 2.07. The summed E-state index contributed by atoms with van der Waals surface area (Å²) in [5.41, 5.74) is 3.32. The average molecular weight is 401 g/mol. The molecule has 0 amide bonds. The van der Waals surface area contributed by atoms with Crippen LogP contribution in [0.5, 0.6) is 11.6 Å². The van der Waals surface area contributed by atoms with Gasteiger partial charge in [-0.3, -0.25) is 4.99 Å². The minimum atomic E-state index is 0.597. The third kappa shape index (κ3) is 7.99. The zero-order valence-electron chi connectivity index (χ0n) is 17.8. The monoisotopic (exact) mass is 400 g/mol. The second-order valence-electron chi connectivity index (χ2n) is 6.52. The topological polar surface area (TPSA) is 77.0 Å². The van der Waals surface area contributed by atoms with Crippen molar-refractivity contribution in [3.8, 4) is 11.6 Å². The predicted octanol–water partition coefficient (Wildman–Crippen LogP) is 3.07. The molecule has 29 heavy (non-hydrogen) atoms. The maximum Gasteiger partial charge on any atom is 0.213 e. The van der Waals surface area contributed by atoms with E-state index in [-0.39, 0.29) is 0 Å². The normalized spacial score (nSPS) is 11.2. The Morgan fingerprint density at radius 1 is 1.07 bits per heavy atom. The van der Waals surface area contributed by atoms with Gasteiger partial charge in [-0.15, -0.1) is 0 Å². The summed E-state index contributed by atoms with van der Waals surface area (Å²) in [6.07, 6.45) is 2.61. The van der Waals surface area contributed by atoms with Crippen molar-refractivity contribution in [3.05, 3.63) is 53.2 Å². The van der Waals surface area contributed by atoms with Crippen molar-refractivity contribution in [2.45, 2.75) is 33.4 Å². The number of aromatic nitrogens is 1. The van der Waals surface area contributed by atoms with Gasteiger partial charge in [0.1, 0.15) is 5.75 Å². The van der Waals surface area contributed by atoms with Crippen LogP contribution in [0.15, 0.2) is 41.5 Å². The molecule has 1 aromatic heterocycles. The smallest absolute Gasteiger partial charge is 0.213 e. The van der Waals surface area contributed by atoms with Crippen LogP contribution >= 0.6 is 0 Å². The minimum Gasteiger partial charge on any atom is -0.493 e. The van der Waals surface area contributed by atoms with Crippen LogP contribution in [0.1, 0.15) is 30.0 Å². The first-order chi connectivity index (χ1) is 14.2. The van der Waals surface area contributed by atoms with E-state index in [9.17, 15) is 0 Å². The van der Waals surface area contributed by atoms with Crippen molar-refractivity contribution in [1.82, 2.24) is 15.6 Å². The Labute approximate surface area is 173 Å². The molecule has 2 rings (SSSR count). The molecule has 0 aliphatic rings. The fourth-order valence-corrected chi connectivity index (χ4v) is 2.70. The molecule has 7 nitrogen and oxygen atoms in total. The first-order valence-electron chi connectivity index (χ1n) is 9.89. The van der Waals surface area contributed by atoms with E-state index in [1.165, 1.54) is 5.56 Å². The van der Waals surface area contributed by atoms with Crippen LogP contribution in [0.25, 0.3) is 0 Å². The van der Waals surface area contributed by atoms with Gasteiger partial charge in [0.25, 0.3) is 0 Å². The Balaban J connectivity index is 1.91. The van der Waals surface area contributed by atoms with Crippen molar-refractivity contribution in [1.29, 1.82) is 0 Å². The van der Waals surface area contributed by atoms with E-state index in [1.54, 1.807) is 20.4 Å². The number of guanidine groups is 1. The lowest BCUT2D eigenvalue weighted by atomic mass is 10.1. The number of ether oxygens (including phenoxy) is 3. The summed E-state index contributed by atoms with van der Waals surface area (Å²) < 4.78 is 16.5. The average Bonchev–Trinajstić information content (AvgIpc) is 2.73. The number of pyridine rings is 1. The van der Waals surface area contributed by atoms with E-state index in [0.29, 0.717) is 44.7 Å². The zero-order chi connectivity index (χ0) is 20.9. The molecule has 0 unspecified atom stereocenters. The Hall–Kier alpha value is -2.80. The third-order valence-electron chi connectivity index (χ3n) is 4.19. The van der Waals surface area contributed by atoms with Crippen molar-refractivity contribution in [3.63, 3.8) is 0 Å². The number of nitrogens with zero attached hydrogens (tertiary/aromatic N) is 2. The molecule has 2 aromatic rings. The standard InChI is InChI=1S/C22H32N4O3/c1-5-28-21-14-18(9-10-24-21)15-25-22(23-3)26-16-19-8-7-17(2)13-20(19)29-12-6-11-27-4/h7-10,13-14H,5-6,11-12,15-16H2,1-4H3,(H2,23,25,26). The summed E-state index contributed by atoms with van der Waals surface area (Å²) in [5, 5.41) is 6.66. The van der Waals surface area contributed by atoms with Crippen LogP contribution in [0.4, 0.5) is 0 Å². The number of methoxy groups -OCH3 is 1. The molecule has 1 heterocycles. The molecular weight excluding hydrogens is 368 g/mol. The summed E-state index contributed by atoms with van der Waals surface area (Å²) in [6.45, 7) is 7.15. The Kier molecular flexibility index (Phi) is 9.78. The van der Waals surface area contributed by atoms with Crippen LogP contribution in [0.2, 0.25) is 0 Å². The van der Waals surface area contributed by atoms with Crippen molar-refractivity contribution in [2.75, 3.05) is 34.0 Å². The second kappa shape index (κ2) is 12.6. The van der Waals surface area contributed by atoms with Gasteiger partial charge in [-0.05, 0) is 37.1 Å². The highest BCUT2D eigenvalue weighted by atomic mass is 16.5. The van der Waals surface area contributed by atoms with Crippen LogP contribution < -0.4 is 20.1 Å². The van der Waals surface area contributed by atoms with Gasteiger partial charge in [0.2, 0.25) is 5.88 Å². The van der Waals surface area contributed by atoms with Crippen LogP contribution in [0, 0.1) is 6.92 Å². The predicted molar refractivity (Wildman–Crippen MR) is 116 cm³/mol. The molecule has 0 aliphatic carbocycles. The Morgan fingerprint density at radius 3 is 2.66 bits per heavy atom. The molecule has 0 atom stereocenters. The second-order valence-corrected chi connectivity index (χ2v) is 6.52. The Morgan fingerprint density at radius 2 is 1.90 bits per heavy atom. The molecule has 0 saturated heterocycles. The Bertz CT molecular complexity index is 780. The van der Waals surface area contributed by atoms with Gasteiger partial charge in [0, 0.05) is 58.1 Å². The molecule has 0 aliphatic heterocycles. The van der Waals surface area contributed by atoms with Crippen molar-refractivity contribution < 1.29 is 14.2 Å². The maximum atomic E-state index is 5.95. The van der Waals surface area contributed by atoms with Gasteiger partial charge in [0.15, 0.2) is 5.96 Å². The number of hydrogen-bond acceptors (Lipinski definition) is 5. The number of rotatable bonds is 11. The first-order valence-corrected chi connectivity index (χ1v) is 9.89. The van der Waals surface area contributed by atoms with Gasteiger partial charge in [-0.1, -0.05) is 12.1 Å². The molecule has 7 heteroatoms. The van der Waals surface area contributed by atoms with Crippen LogP contribution in [-0.4, -0.2) is 44.9 Å². The number of nitrogens with one attached hydrogen (secondary N) is 2. The maximum absolute atomic E-state index is 5.95. The summed E-state index contributed by atoms with van der Waals surface area (Å²) in [4.78, 5) is 8.49. The third-order valence-corrected chi connectivity index (χ3v) is 4.19. The van der Waals surface area contributed by atoms with Gasteiger partial charge < -0.3 is 24.8 Å². The molecule has 0 saturated carbocycles. The van der Waals surface area contributed by atoms with E-state index in [1.807, 2.05) is 19.1 Å². The van der Waals surface area contributed by atoms with E-state index in [2.05, 4.69) is 45.7 Å². The molecular formula is C22H32N4O3. The van der Waals surface area contributed by atoms with Gasteiger partial charge in [-0.2, -0.15) is 0 Å².